The minimum absolute atomic E-state index is 0.484. The lowest BCUT2D eigenvalue weighted by Crippen LogP contribution is -2.04. The molecule has 0 spiro atoms. The molecule has 116 valence electrons. The Morgan fingerprint density at radius 2 is 2.22 bits per heavy atom. The van der Waals surface area contributed by atoms with Crippen molar-refractivity contribution >= 4 is 29.7 Å². The largest absolute Gasteiger partial charge is 0.430 e. The van der Waals surface area contributed by atoms with Gasteiger partial charge in [-0.05, 0) is 37.1 Å². The van der Waals surface area contributed by atoms with Gasteiger partial charge in [0.25, 0.3) is 0 Å². The van der Waals surface area contributed by atoms with Gasteiger partial charge in [-0.3, -0.25) is 4.98 Å². The molecule has 0 aliphatic rings. The molecule has 0 aliphatic carbocycles. The Kier molecular flexibility index (Phi) is 6.25. The van der Waals surface area contributed by atoms with Crippen molar-refractivity contribution in [2.75, 3.05) is 5.23 Å². The second kappa shape index (κ2) is 8.40. The van der Waals surface area contributed by atoms with Gasteiger partial charge in [-0.15, -0.1) is 0 Å². The molecule has 0 atom stereocenters. The molecule has 23 heavy (non-hydrogen) atoms. The van der Waals surface area contributed by atoms with Crippen LogP contribution in [0.5, 0.6) is 0 Å². The quantitative estimate of drug-likeness (QED) is 0.616. The second-order valence-electron chi connectivity index (χ2n) is 5.23. The first kappa shape index (κ1) is 17.1. The lowest BCUT2D eigenvalue weighted by atomic mass is 9.89. The van der Waals surface area contributed by atoms with Crippen LogP contribution in [-0.2, 0) is 0 Å². The van der Waals surface area contributed by atoms with Gasteiger partial charge >= 0.3 is 0 Å². The molecule has 0 aliphatic heterocycles. The highest BCUT2D eigenvalue weighted by molar-refractivity contribution is 6.48. The van der Waals surface area contributed by atoms with Crippen LogP contribution in [-0.4, -0.2) is 12.4 Å². The third kappa shape index (κ3) is 4.61. The number of rotatable bonds is 6. The lowest BCUT2D eigenvalue weighted by molar-refractivity contribution is 1.18. The van der Waals surface area contributed by atoms with Crippen LogP contribution in [0.1, 0.15) is 24.6 Å². The maximum atomic E-state index is 8.61. The summed E-state index contributed by atoms with van der Waals surface area (Å²) in [7, 11) is 0.641. The molecule has 1 aromatic heterocycles. The van der Waals surface area contributed by atoms with Crippen molar-refractivity contribution < 1.29 is 0 Å². The number of hydrogen-bond donors (Lipinski definition) is 1. The minimum Gasteiger partial charge on any atom is -0.430 e. The predicted octanol–water partition coefficient (Wildman–Crippen LogP) is 4.75. The molecule has 1 aromatic carbocycles. The highest BCUT2D eigenvalue weighted by Gasteiger charge is 2.07. The van der Waals surface area contributed by atoms with Crippen molar-refractivity contribution in [2.45, 2.75) is 26.6 Å². The molecule has 5 heteroatoms. The first-order chi connectivity index (χ1) is 11.2. The molecular formula is C18H19BClN3. The number of anilines is 1. The van der Waals surface area contributed by atoms with Crippen LogP contribution in [0, 0.1) is 18.3 Å². The van der Waals surface area contributed by atoms with E-state index in [1.165, 1.54) is 0 Å². The highest BCUT2D eigenvalue weighted by Crippen LogP contribution is 2.28. The summed E-state index contributed by atoms with van der Waals surface area (Å²) in [6.45, 7) is 4.02. The zero-order valence-corrected chi connectivity index (χ0v) is 14.2. The van der Waals surface area contributed by atoms with Crippen molar-refractivity contribution in [3.05, 3.63) is 53.9 Å². The normalized spacial score (nSPS) is 11.0. The van der Waals surface area contributed by atoms with E-state index in [0.717, 1.165) is 39.5 Å². The number of benzene rings is 1. The third-order valence-electron chi connectivity index (χ3n) is 3.49. The van der Waals surface area contributed by atoms with E-state index in [4.69, 9.17) is 16.9 Å². The minimum atomic E-state index is 0.484. The molecule has 3 nitrogen and oxygen atoms in total. The van der Waals surface area contributed by atoms with Gasteiger partial charge in [0.2, 0.25) is 7.41 Å². The van der Waals surface area contributed by atoms with Gasteiger partial charge in [0, 0.05) is 40.1 Å². The highest BCUT2D eigenvalue weighted by atomic mass is 35.5. The third-order valence-corrected chi connectivity index (χ3v) is 3.85. The Morgan fingerprint density at radius 1 is 1.39 bits per heavy atom. The van der Waals surface area contributed by atoms with Gasteiger partial charge in [-0.2, -0.15) is 5.26 Å². The van der Waals surface area contributed by atoms with E-state index in [9.17, 15) is 0 Å². The second-order valence-corrected chi connectivity index (χ2v) is 5.64. The fourth-order valence-corrected chi connectivity index (χ4v) is 2.64. The topological polar surface area (TPSA) is 48.7 Å². The van der Waals surface area contributed by atoms with E-state index in [0.29, 0.717) is 13.7 Å². The average molecular weight is 324 g/mol. The molecule has 2 aromatic rings. The van der Waals surface area contributed by atoms with Crippen LogP contribution in [0.2, 0.25) is 6.32 Å². The van der Waals surface area contributed by atoms with Crippen LogP contribution in [0.25, 0.3) is 16.2 Å². The van der Waals surface area contributed by atoms with Gasteiger partial charge in [-0.1, -0.05) is 36.7 Å². The SMILES string of the molecule is CC/C=C(/Cl)c1cc(-c2cccc(NBCC#N)c2)cnc1C. The molecule has 1 heterocycles. The monoisotopic (exact) mass is 323 g/mol. The average Bonchev–Trinajstić information content (AvgIpc) is 2.56. The summed E-state index contributed by atoms with van der Waals surface area (Å²) in [5.74, 6) is 0. The maximum Gasteiger partial charge on any atom is 0.247 e. The van der Waals surface area contributed by atoms with Crippen molar-refractivity contribution in [3.8, 4) is 17.2 Å². The predicted molar refractivity (Wildman–Crippen MR) is 99.7 cm³/mol. The lowest BCUT2D eigenvalue weighted by Gasteiger charge is -2.10. The first-order valence-electron chi connectivity index (χ1n) is 7.69. The summed E-state index contributed by atoms with van der Waals surface area (Å²) in [6.07, 6.45) is 5.23. The fraction of sp³-hybridized carbons (Fsp3) is 0.222. The number of halogens is 1. The van der Waals surface area contributed by atoms with Crippen LogP contribution in [0.4, 0.5) is 5.69 Å². The molecular weight excluding hydrogens is 304 g/mol. The molecule has 2 rings (SSSR count). The summed E-state index contributed by atoms with van der Waals surface area (Å²) in [5.41, 5.74) is 4.98. The maximum absolute atomic E-state index is 8.61. The zero-order chi connectivity index (χ0) is 16.7. The zero-order valence-electron chi connectivity index (χ0n) is 13.4. The van der Waals surface area contributed by atoms with Gasteiger partial charge in [0.05, 0.1) is 6.07 Å². The van der Waals surface area contributed by atoms with E-state index in [1.807, 2.05) is 37.4 Å². The standard InChI is InChI=1S/C18H19BClN3/c1-3-5-18(20)17-11-15(12-22-13(17)2)14-6-4-7-16(10-14)23-19-8-9-21/h4-7,10-12,19,23H,3,8H2,1-2H3/b18-5+. The number of nitrogens with zero attached hydrogens (tertiary/aromatic N) is 2. The number of aryl methyl sites for hydroxylation is 1. The van der Waals surface area contributed by atoms with E-state index >= 15 is 0 Å². The molecule has 0 radical (unpaired) electrons. The Hall–Kier alpha value is -2.25. The van der Waals surface area contributed by atoms with Crippen LogP contribution >= 0.6 is 11.6 Å². The molecule has 1 N–H and O–H groups in total. The van der Waals surface area contributed by atoms with E-state index in [1.54, 1.807) is 0 Å². The van der Waals surface area contributed by atoms with Crippen LogP contribution in [0.3, 0.4) is 0 Å². The van der Waals surface area contributed by atoms with Crippen molar-refractivity contribution in [1.29, 1.82) is 5.26 Å². The molecule has 0 bridgehead atoms. The number of hydrogen-bond acceptors (Lipinski definition) is 3. The molecule has 0 unspecified atom stereocenters. The number of aromatic nitrogens is 1. The van der Waals surface area contributed by atoms with Crippen molar-refractivity contribution in [1.82, 2.24) is 4.98 Å². The number of nitriles is 1. The van der Waals surface area contributed by atoms with Gasteiger partial charge in [0.15, 0.2) is 0 Å². The van der Waals surface area contributed by atoms with Crippen LogP contribution < -0.4 is 5.23 Å². The summed E-state index contributed by atoms with van der Waals surface area (Å²) >= 11 is 6.36. The van der Waals surface area contributed by atoms with Crippen LogP contribution in [0.15, 0.2) is 42.6 Å². The number of nitrogens with one attached hydrogen (secondary N) is 1. The van der Waals surface area contributed by atoms with E-state index < -0.39 is 0 Å². The first-order valence-corrected chi connectivity index (χ1v) is 8.07. The number of pyridine rings is 1. The summed E-state index contributed by atoms with van der Waals surface area (Å²) in [4.78, 5) is 4.48. The fourth-order valence-electron chi connectivity index (χ4n) is 2.29. The molecule has 0 amide bonds. The number of allylic oxidation sites excluding steroid dienone is 1. The molecule has 0 fully saturated rings. The Labute approximate surface area is 143 Å². The molecule has 0 saturated carbocycles. The Morgan fingerprint density at radius 3 is 2.96 bits per heavy atom. The summed E-state index contributed by atoms with van der Waals surface area (Å²) < 4.78 is 0. The van der Waals surface area contributed by atoms with Crippen molar-refractivity contribution in [3.63, 3.8) is 0 Å². The smallest absolute Gasteiger partial charge is 0.247 e. The summed E-state index contributed by atoms with van der Waals surface area (Å²) in [5, 5.41) is 12.6. The Bertz CT molecular complexity index is 750. The van der Waals surface area contributed by atoms with Crippen molar-refractivity contribution in [2.24, 2.45) is 0 Å². The van der Waals surface area contributed by atoms with Gasteiger partial charge < -0.3 is 5.23 Å². The summed E-state index contributed by atoms with van der Waals surface area (Å²) in [6, 6.07) is 12.3. The van der Waals surface area contributed by atoms with Gasteiger partial charge in [-0.25, -0.2) is 0 Å². The Balaban J connectivity index is 2.32. The van der Waals surface area contributed by atoms with E-state index in [-0.39, 0.29) is 0 Å². The molecule has 0 saturated heterocycles. The van der Waals surface area contributed by atoms with Gasteiger partial charge in [0.1, 0.15) is 0 Å². The van der Waals surface area contributed by atoms with E-state index in [2.05, 4.69) is 35.3 Å².